The maximum atomic E-state index is 14.8. The van der Waals surface area contributed by atoms with Gasteiger partial charge >= 0.3 is 0 Å². The molecule has 37 heavy (non-hydrogen) atoms. The summed E-state index contributed by atoms with van der Waals surface area (Å²) in [6.07, 6.45) is 5.93. The second-order valence-electron chi connectivity index (χ2n) is 9.88. The molecule has 1 amide bonds. The molecule has 0 unspecified atom stereocenters. The number of benzene rings is 1. The number of carbonyl (C=O) groups is 1. The van der Waals surface area contributed by atoms with Crippen LogP contribution in [0.25, 0.3) is 16.6 Å². The summed E-state index contributed by atoms with van der Waals surface area (Å²) in [7, 11) is 0. The van der Waals surface area contributed by atoms with Crippen molar-refractivity contribution in [3.8, 4) is 0 Å². The third-order valence-electron chi connectivity index (χ3n) is 7.37. The maximum absolute atomic E-state index is 14.8. The number of hydrogen-bond donors (Lipinski definition) is 1. The van der Waals surface area contributed by atoms with E-state index in [9.17, 15) is 18.0 Å². The summed E-state index contributed by atoms with van der Waals surface area (Å²) < 4.78 is 41.2. The van der Waals surface area contributed by atoms with E-state index in [0.717, 1.165) is 49.3 Å². The van der Waals surface area contributed by atoms with Crippen LogP contribution in [0.3, 0.4) is 0 Å². The Morgan fingerprint density at radius 2 is 1.92 bits per heavy atom. The average molecular weight is 510 g/mol. The van der Waals surface area contributed by atoms with Crippen molar-refractivity contribution in [3.63, 3.8) is 0 Å². The molecular weight excluding hydrogens is 479 g/mol. The van der Waals surface area contributed by atoms with Crippen molar-refractivity contribution in [2.45, 2.75) is 58.4 Å². The number of halogens is 3. The van der Waals surface area contributed by atoms with Crippen LogP contribution in [0.15, 0.2) is 36.5 Å². The number of rotatable bonds is 6. The second-order valence-corrected chi connectivity index (χ2v) is 9.88. The van der Waals surface area contributed by atoms with Crippen molar-refractivity contribution in [3.05, 3.63) is 64.9 Å². The molecule has 1 aliphatic heterocycles. The van der Waals surface area contributed by atoms with Gasteiger partial charge < -0.3 is 10.2 Å². The van der Waals surface area contributed by atoms with E-state index < -0.39 is 23.8 Å². The number of anilines is 1. The van der Waals surface area contributed by atoms with Gasteiger partial charge in [0.15, 0.2) is 5.65 Å². The van der Waals surface area contributed by atoms with Gasteiger partial charge in [-0.15, -0.1) is 0 Å². The van der Waals surface area contributed by atoms with Crippen LogP contribution < -0.4 is 5.32 Å². The molecule has 0 radical (unpaired) electrons. The Morgan fingerprint density at radius 3 is 2.62 bits per heavy atom. The van der Waals surface area contributed by atoms with Gasteiger partial charge in [-0.25, -0.2) is 28.1 Å². The molecule has 194 valence electrons. The third-order valence-corrected chi connectivity index (χ3v) is 7.37. The number of nitrogens with one attached hydrogen (secondary N) is 1. The van der Waals surface area contributed by atoms with Gasteiger partial charge in [-0.2, -0.15) is 0 Å². The molecule has 0 saturated heterocycles. The quantitative estimate of drug-likeness (QED) is 0.417. The van der Waals surface area contributed by atoms with E-state index in [1.165, 1.54) is 12.1 Å². The Morgan fingerprint density at radius 1 is 1.16 bits per heavy atom. The van der Waals surface area contributed by atoms with Crippen LogP contribution in [0, 0.1) is 18.7 Å². The van der Waals surface area contributed by atoms with E-state index in [2.05, 4.69) is 26.3 Å². The zero-order chi connectivity index (χ0) is 26.1. The number of pyridine rings is 1. The molecule has 9 heteroatoms. The van der Waals surface area contributed by atoms with Crippen molar-refractivity contribution in [1.29, 1.82) is 0 Å². The number of hydrogen-bond acceptors (Lipinski definition) is 5. The van der Waals surface area contributed by atoms with Crippen molar-refractivity contribution >= 4 is 28.3 Å². The number of nitrogens with zero attached hydrogens (tertiary/aromatic N) is 4. The van der Waals surface area contributed by atoms with Gasteiger partial charge in [-0.05, 0) is 50.3 Å². The van der Waals surface area contributed by atoms with Crippen LogP contribution in [-0.2, 0) is 4.79 Å². The second kappa shape index (κ2) is 10.5. The minimum absolute atomic E-state index is 0.133. The minimum atomic E-state index is -2.89. The molecule has 5 rings (SSSR count). The van der Waals surface area contributed by atoms with E-state index >= 15 is 0 Å². The first-order valence-corrected chi connectivity index (χ1v) is 12.8. The molecule has 1 N–H and O–H groups in total. The van der Waals surface area contributed by atoms with Crippen LogP contribution in [0.5, 0.6) is 0 Å². The Kier molecular flexibility index (Phi) is 7.13. The average Bonchev–Trinajstić information content (AvgIpc) is 3.43. The lowest BCUT2D eigenvalue weighted by Gasteiger charge is -2.29. The molecule has 2 aliphatic rings. The summed E-state index contributed by atoms with van der Waals surface area (Å²) in [6.45, 7) is 4.69. The Bertz CT molecular complexity index is 1350. The Balaban J connectivity index is 1.41. The predicted molar refractivity (Wildman–Crippen MR) is 137 cm³/mol. The lowest BCUT2D eigenvalue weighted by Crippen LogP contribution is -2.38. The van der Waals surface area contributed by atoms with Gasteiger partial charge in [-0.1, -0.05) is 37.1 Å². The van der Waals surface area contributed by atoms with E-state index in [4.69, 9.17) is 0 Å². The topological polar surface area (TPSA) is 71.0 Å². The normalized spacial score (nSPS) is 17.4. The molecule has 1 fully saturated rings. The molecule has 2 aromatic heterocycles. The first-order chi connectivity index (χ1) is 17.8. The number of alkyl halides is 2. The van der Waals surface area contributed by atoms with Crippen molar-refractivity contribution < 1.29 is 18.0 Å². The zero-order valence-corrected chi connectivity index (χ0v) is 21.0. The standard InChI is InChI=1S/C28H30F3N5O/c1-16(21-8-5-9-22(24(21)29)25(30)31)33-27-23-14-20(15-32-26(23)34-17(2)35-27)18-10-12-36(13-11-18)28(37)19-6-3-4-7-19/h5,8-10,14-16,19,25H,3-4,6-7,11-13H2,1-2H3,(H,32,33,34,35)/t16-/m1/s1. The Hall–Kier alpha value is -3.49. The number of aromatic nitrogens is 3. The molecule has 1 atom stereocenters. The first-order valence-electron chi connectivity index (χ1n) is 12.8. The molecule has 1 aromatic carbocycles. The number of carbonyl (C=O) groups excluding carboxylic acids is 1. The minimum Gasteiger partial charge on any atom is -0.363 e. The van der Waals surface area contributed by atoms with Crippen LogP contribution in [0.1, 0.15) is 74.0 Å². The van der Waals surface area contributed by atoms with Gasteiger partial charge in [-0.3, -0.25) is 4.79 Å². The van der Waals surface area contributed by atoms with Gasteiger partial charge in [0.25, 0.3) is 6.43 Å². The zero-order valence-electron chi connectivity index (χ0n) is 21.0. The van der Waals surface area contributed by atoms with Crippen molar-refractivity contribution in [1.82, 2.24) is 19.9 Å². The van der Waals surface area contributed by atoms with Gasteiger partial charge in [0.2, 0.25) is 5.91 Å². The summed E-state index contributed by atoms with van der Waals surface area (Å²) in [5.41, 5.74) is 2.01. The molecular formula is C28H30F3N5O. The highest BCUT2D eigenvalue weighted by Crippen LogP contribution is 2.32. The number of fused-ring (bicyclic) bond motifs is 1. The Labute approximate surface area is 214 Å². The van der Waals surface area contributed by atoms with Gasteiger partial charge in [0, 0.05) is 30.8 Å². The molecule has 3 heterocycles. The molecule has 1 saturated carbocycles. The van der Waals surface area contributed by atoms with E-state index in [1.54, 1.807) is 20.0 Å². The fourth-order valence-corrected chi connectivity index (χ4v) is 5.32. The fraction of sp³-hybridized carbons (Fsp3) is 0.429. The molecule has 0 bridgehead atoms. The largest absolute Gasteiger partial charge is 0.363 e. The molecule has 0 spiro atoms. The van der Waals surface area contributed by atoms with Crippen LogP contribution in [-0.4, -0.2) is 38.8 Å². The summed E-state index contributed by atoms with van der Waals surface area (Å²) >= 11 is 0. The predicted octanol–water partition coefficient (Wildman–Crippen LogP) is 6.39. The smallest absolute Gasteiger partial charge is 0.266 e. The molecule has 6 nitrogen and oxygen atoms in total. The summed E-state index contributed by atoms with van der Waals surface area (Å²) in [5.74, 6) is 0.453. The van der Waals surface area contributed by atoms with Crippen LogP contribution >= 0.6 is 0 Å². The summed E-state index contributed by atoms with van der Waals surface area (Å²) in [4.78, 5) is 28.2. The highest BCUT2D eigenvalue weighted by molar-refractivity contribution is 5.89. The molecule has 3 aromatic rings. The summed E-state index contributed by atoms with van der Waals surface area (Å²) in [6, 6.07) is 5.34. The highest BCUT2D eigenvalue weighted by Gasteiger charge is 2.28. The number of aryl methyl sites for hydroxylation is 1. The first kappa shape index (κ1) is 25.2. The summed E-state index contributed by atoms with van der Waals surface area (Å²) in [5, 5.41) is 3.84. The van der Waals surface area contributed by atoms with Crippen molar-refractivity contribution in [2.24, 2.45) is 5.92 Å². The van der Waals surface area contributed by atoms with Gasteiger partial charge in [0.1, 0.15) is 17.5 Å². The van der Waals surface area contributed by atoms with Crippen LogP contribution in [0.2, 0.25) is 0 Å². The third kappa shape index (κ3) is 5.17. The fourth-order valence-electron chi connectivity index (χ4n) is 5.32. The van der Waals surface area contributed by atoms with Crippen LogP contribution in [0.4, 0.5) is 19.0 Å². The lowest BCUT2D eigenvalue weighted by atomic mass is 9.98. The van der Waals surface area contributed by atoms with E-state index in [0.29, 0.717) is 35.8 Å². The SMILES string of the molecule is Cc1nc(N[C@H](C)c2cccc(C(F)F)c2F)c2cc(C3=CCN(C(=O)C4CCCC4)CC3)cnc2n1. The highest BCUT2D eigenvalue weighted by atomic mass is 19.3. The number of amides is 1. The van der Waals surface area contributed by atoms with E-state index in [1.807, 2.05) is 11.0 Å². The maximum Gasteiger partial charge on any atom is 0.266 e. The van der Waals surface area contributed by atoms with Gasteiger partial charge in [0.05, 0.1) is 17.0 Å². The molecule has 1 aliphatic carbocycles. The van der Waals surface area contributed by atoms with E-state index in [-0.39, 0.29) is 17.4 Å². The monoisotopic (exact) mass is 509 g/mol. The lowest BCUT2D eigenvalue weighted by molar-refractivity contribution is -0.134. The van der Waals surface area contributed by atoms with Crippen molar-refractivity contribution in [2.75, 3.05) is 18.4 Å².